The van der Waals surface area contributed by atoms with E-state index in [9.17, 15) is 9.18 Å². The lowest BCUT2D eigenvalue weighted by atomic mass is 9.84. The average Bonchev–Trinajstić information content (AvgIpc) is 2.60. The molecule has 0 fully saturated rings. The van der Waals surface area contributed by atoms with E-state index in [-0.39, 0.29) is 12.0 Å². The van der Waals surface area contributed by atoms with E-state index in [1.807, 2.05) is 0 Å². The molecule has 1 atom stereocenters. The summed E-state index contributed by atoms with van der Waals surface area (Å²) < 4.78 is 19.6. The maximum atomic E-state index is 14.6. The molecule has 0 amide bonds. The number of ether oxygens (including phenoxy) is 1. The number of nitrogens with zero attached hydrogens (tertiary/aromatic N) is 1. The van der Waals surface area contributed by atoms with Crippen molar-refractivity contribution in [2.24, 2.45) is 0 Å². The molecule has 24 heavy (non-hydrogen) atoms. The zero-order chi connectivity index (χ0) is 17.7. The second-order valence-electron chi connectivity index (χ2n) is 5.36. The van der Waals surface area contributed by atoms with E-state index in [0.29, 0.717) is 10.7 Å². The van der Waals surface area contributed by atoms with Gasteiger partial charge in [-0.2, -0.15) is 0 Å². The number of methoxy groups -OCH3 is 1. The van der Waals surface area contributed by atoms with E-state index in [1.54, 1.807) is 60.5 Å². The van der Waals surface area contributed by atoms with E-state index in [2.05, 4.69) is 6.58 Å². The van der Waals surface area contributed by atoms with Crippen LogP contribution >= 0.6 is 11.6 Å². The van der Waals surface area contributed by atoms with Gasteiger partial charge in [0.15, 0.2) is 5.54 Å². The number of benzene rings is 2. The summed E-state index contributed by atoms with van der Waals surface area (Å²) >= 11 is 5.94. The first-order valence-corrected chi connectivity index (χ1v) is 7.79. The molecule has 0 aromatic heterocycles. The first kappa shape index (κ1) is 18.0. The van der Waals surface area contributed by atoms with Gasteiger partial charge in [-0.05, 0) is 30.3 Å². The molecule has 1 unspecified atom stereocenters. The van der Waals surface area contributed by atoms with Crippen molar-refractivity contribution in [3.8, 4) is 0 Å². The second kappa shape index (κ2) is 7.49. The zero-order valence-electron chi connectivity index (χ0n) is 13.6. The van der Waals surface area contributed by atoms with Crippen molar-refractivity contribution in [2.75, 3.05) is 19.1 Å². The summed E-state index contributed by atoms with van der Waals surface area (Å²) in [6, 6.07) is 13.1. The number of rotatable bonds is 6. The quantitative estimate of drug-likeness (QED) is 0.566. The smallest absolute Gasteiger partial charge is 0.336 e. The minimum absolute atomic E-state index is 0.180. The Balaban J connectivity index is 2.69. The van der Waals surface area contributed by atoms with Crippen LogP contribution in [0, 0.1) is 5.82 Å². The summed E-state index contributed by atoms with van der Waals surface area (Å²) in [5.41, 5.74) is -0.431. The maximum Gasteiger partial charge on any atom is 0.336 e. The third-order valence-corrected chi connectivity index (χ3v) is 4.32. The van der Waals surface area contributed by atoms with Crippen molar-refractivity contribution in [1.82, 2.24) is 0 Å². The van der Waals surface area contributed by atoms with Crippen LogP contribution in [0.1, 0.15) is 12.0 Å². The van der Waals surface area contributed by atoms with Crippen molar-refractivity contribution in [3.05, 3.63) is 77.6 Å². The number of hydrogen-bond donors (Lipinski definition) is 0. The van der Waals surface area contributed by atoms with Gasteiger partial charge in [-0.3, -0.25) is 0 Å². The Morgan fingerprint density at radius 3 is 2.46 bits per heavy atom. The molecular weight excluding hydrogens is 329 g/mol. The molecule has 2 rings (SSSR count). The molecule has 0 saturated heterocycles. The van der Waals surface area contributed by atoms with Gasteiger partial charge in [0.1, 0.15) is 5.82 Å². The topological polar surface area (TPSA) is 29.5 Å². The highest BCUT2D eigenvalue weighted by atomic mass is 35.5. The molecule has 0 bridgehead atoms. The van der Waals surface area contributed by atoms with E-state index in [1.165, 1.54) is 13.2 Å². The van der Waals surface area contributed by atoms with Gasteiger partial charge in [0.2, 0.25) is 0 Å². The molecule has 3 nitrogen and oxygen atoms in total. The van der Waals surface area contributed by atoms with Crippen LogP contribution in [-0.2, 0) is 15.1 Å². The van der Waals surface area contributed by atoms with Gasteiger partial charge in [-0.15, -0.1) is 6.58 Å². The molecule has 2 aromatic rings. The van der Waals surface area contributed by atoms with Crippen LogP contribution in [0.4, 0.5) is 10.1 Å². The number of likely N-dealkylation sites (N-methyl/N-ethyl adjacent to an activating group) is 1. The van der Waals surface area contributed by atoms with Crippen LogP contribution in [0.2, 0.25) is 5.02 Å². The molecule has 2 aromatic carbocycles. The van der Waals surface area contributed by atoms with Crippen molar-refractivity contribution in [3.63, 3.8) is 0 Å². The van der Waals surface area contributed by atoms with Crippen molar-refractivity contribution >= 4 is 23.3 Å². The summed E-state index contributed by atoms with van der Waals surface area (Å²) in [6.07, 6.45) is 1.76. The van der Waals surface area contributed by atoms with Crippen LogP contribution in [0.15, 0.2) is 61.2 Å². The first-order valence-electron chi connectivity index (χ1n) is 7.41. The molecule has 0 aliphatic carbocycles. The third kappa shape index (κ3) is 3.15. The summed E-state index contributed by atoms with van der Waals surface area (Å²) in [6.45, 7) is 3.73. The van der Waals surface area contributed by atoms with Crippen LogP contribution in [0.25, 0.3) is 0 Å². The predicted octanol–water partition coefficient (Wildman–Crippen LogP) is 4.56. The average molecular weight is 348 g/mol. The highest BCUT2D eigenvalue weighted by Crippen LogP contribution is 2.38. The summed E-state index contributed by atoms with van der Waals surface area (Å²) in [5, 5.41) is 0.574. The summed E-state index contributed by atoms with van der Waals surface area (Å²) in [5.74, 6) is -1.05. The summed E-state index contributed by atoms with van der Waals surface area (Å²) in [7, 11) is 3.01. The van der Waals surface area contributed by atoms with Gasteiger partial charge in [-0.1, -0.05) is 35.9 Å². The molecule has 126 valence electrons. The Labute approximate surface area is 146 Å². The standard InChI is InChI=1S/C19H19ClFNO2/c1-4-13-19(18(23)24-3,16-7-5-6-8-17(16)21)22(2)15-11-9-14(20)10-12-15/h4-12H,1,13H2,2-3H3. The molecule has 0 radical (unpaired) electrons. The second-order valence-corrected chi connectivity index (χ2v) is 5.80. The van der Waals surface area contributed by atoms with E-state index < -0.39 is 17.3 Å². The van der Waals surface area contributed by atoms with Gasteiger partial charge in [0, 0.05) is 29.7 Å². The lowest BCUT2D eigenvalue weighted by Crippen LogP contribution is -2.51. The molecule has 0 aliphatic rings. The fourth-order valence-electron chi connectivity index (χ4n) is 2.82. The monoisotopic (exact) mass is 347 g/mol. The lowest BCUT2D eigenvalue weighted by Gasteiger charge is -2.40. The molecule has 0 saturated carbocycles. The number of hydrogen-bond acceptors (Lipinski definition) is 3. The van der Waals surface area contributed by atoms with Crippen LogP contribution in [0.5, 0.6) is 0 Å². The normalized spacial score (nSPS) is 13.0. The van der Waals surface area contributed by atoms with Gasteiger partial charge in [0.25, 0.3) is 0 Å². The highest BCUT2D eigenvalue weighted by Gasteiger charge is 2.46. The Bertz CT molecular complexity index is 732. The highest BCUT2D eigenvalue weighted by molar-refractivity contribution is 6.30. The zero-order valence-corrected chi connectivity index (χ0v) is 14.4. The van der Waals surface area contributed by atoms with Gasteiger partial charge in [0.05, 0.1) is 7.11 Å². The van der Waals surface area contributed by atoms with Crippen molar-refractivity contribution < 1.29 is 13.9 Å². The number of halogens is 2. The van der Waals surface area contributed by atoms with Gasteiger partial charge >= 0.3 is 5.97 Å². The van der Waals surface area contributed by atoms with Gasteiger partial charge in [-0.25, -0.2) is 9.18 Å². The van der Waals surface area contributed by atoms with Crippen LogP contribution < -0.4 is 4.90 Å². The number of carbonyl (C=O) groups excluding carboxylic acids is 1. The molecule has 0 aliphatic heterocycles. The molecule has 0 heterocycles. The number of carbonyl (C=O) groups is 1. The third-order valence-electron chi connectivity index (χ3n) is 4.07. The molecular formula is C19H19ClFNO2. The van der Waals surface area contributed by atoms with E-state index in [4.69, 9.17) is 16.3 Å². The Morgan fingerprint density at radius 1 is 1.29 bits per heavy atom. The van der Waals surface area contributed by atoms with Crippen LogP contribution in [-0.4, -0.2) is 20.1 Å². The predicted molar refractivity (Wildman–Crippen MR) is 94.8 cm³/mol. The molecule has 0 N–H and O–H groups in total. The Morgan fingerprint density at radius 2 is 1.92 bits per heavy atom. The number of esters is 1. The molecule has 5 heteroatoms. The first-order chi connectivity index (χ1) is 11.5. The number of anilines is 1. The minimum Gasteiger partial charge on any atom is -0.467 e. The Kier molecular flexibility index (Phi) is 5.62. The fraction of sp³-hybridized carbons (Fsp3) is 0.211. The summed E-state index contributed by atoms with van der Waals surface area (Å²) in [4.78, 5) is 14.4. The SMILES string of the molecule is C=CCC(C(=O)OC)(c1ccccc1F)N(C)c1ccc(Cl)cc1. The van der Waals surface area contributed by atoms with Gasteiger partial charge < -0.3 is 9.64 Å². The minimum atomic E-state index is -1.37. The lowest BCUT2D eigenvalue weighted by molar-refractivity contribution is -0.147. The Hall–Kier alpha value is -2.33. The maximum absolute atomic E-state index is 14.6. The van der Waals surface area contributed by atoms with Crippen molar-refractivity contribution in [2.45, 2.75) is 12.0 Å². The molecule has 0 spiro atoms. The van der Waals surface area contributed by atoms with Crippen LogP contribution in [0.3, 0.4) is 0 Å². The van der Waals surface area contributed by atoms with Crippen molar-refractivity contribution in [1.29, 1.82) is 0 Å². The van der Waals surface area contributed by atoms with E-state index >= 15 is 0 Å². The largest absolute Gasteiger partial charge is 0.467 e. The van der Waals surface area contributed by atoms with E-state index in [0.717, 1.165) is 0 Å². The fourth-order valence-corrected chi connectivity index (χ4v) is 2.94.